The molecule has 58 heavy (non-hydrogen) atoms. The lowest BCUT2D eigenvalue weighted by Crippen LogP contribution is -2.07. The fourth-order valence-electron chi connectivity index (χ4n) is 8.47. The molecule has 274 valence electrons. The highest BCUT2D eigenvalue weighted by Crippen LogP contribution is 2.41. The van der Waals surface area contributed by atoms with Gasteiger partial charge in [0.2, 0.25) is 5.95 Å². The van der Waals surface area contributed by atoms with Gasteiger partial charge in [-0.05, 0) is 80.3 Å². The smallest absolute Gasteiger partial charge is 0.238 e. The number of furan rings is 1. The lowest BCUT2D eigenvalue weighted by atomic mass is 9.99. The quantitative estimate of drug-likeness (QED) is 0.180. The van der Waals surface area contributed by atoms with E-state index in [2.05, 4.69) is 174 Å². The fraction of sp³-hybridized carbons (Fsp3) is 0.0377. The Kier molecular flexibility index (Phi) is 7.86. The van der Waals surface area contributed by atoms with Crippen molar-refractivity contribution in [1.29, 1.82) is 0 Å². The Morgan fingerprint density at radius 3 is 1.59 bits per heavy atom. The Bertz CT molecular complexity index is 3460. The zero-order chi connectivity index (χ0) is 38.7. The van der Waals surface area contributed by atoms with Crippen LogP contribution in [0.2, 0.25) is 0 Å². The van der Waals surface area contributed by atoms with Crippen molar-refractivity contribution in [2.24, 2.45) is 0 Å². The molecule has 0 aliphatic rings. The van der Waals surface area contributed by atoms with Crippen molar-refractivity contribution in [3.63, 3.8) is 0 Å². The van der Waals surface area contributed by atoms with Crippen LogP contribution >= 0.6 is 0 Å². The van der Waals surface area contributed by atoms with Crippen molar-refractivity contribution < 1.29 is 4.42 Å². The van der Waals surface area contributed by atoms with E-state index < -0.39 is 0 Å². The second-order valence-electron chi connectivity index (χ2n) is 14.5. The van der Waals surface area contributed by atoms with E-state index >= 15 is 0 Å². The Labute approximate surface area is 334 Å². The second-order valence-corrected chi connectivity index (χ2v) is 14.5. The summed E-state index contributed by atoms with van der Waals surface area (Å²) < 4.78 is 8.50. The van der Waals surface area contributed by atoms with Gasteiger partial charge in [-0.3, -0.25) is 4.57 Å². The summed E-state index contributed by atoms with van der Waals surface area (Å²) in [5, 5.41) is 11.4. The number of rotatable bonds is 4. The molecular weight excluding hydrogens is 709 g/mol. The number of hydrogen-bond acceptors (Lipinski definition) is 4. The molecule has 0 unspecified atom stereocenters. The van der Waals surface area contributed by atoms with Crippen LogP contribution in [0.25, 0.3) is 116 Å². The van der Waals surface area contributed by atoms with Gasteiger partial charge in [0, 0.05) is 38.2 Å². The van der Waals surface area contributed by atoms with Crippen LogP contribution in [0, 0.1) is 0 Å². The summed E-state index contributed by atoms with van der Waals surface area (Å²) >= 11 is 0. The van der Waals surface area contributed by atoms with E-state index in [9.17, 15) is 0 Å². The summed E-state index contributed by atoms with van der Waals surface area (Å²) in [4.78, 5) is 15.9. The molecule has 5 heteroatoms. The van der Waals surface area contributed by atoms with Gasteiger partial charge in [0.15, 0.2) is 11.6 Å². The highest BCUT2D eigenvalue weighted by molar-refractivity contribution is 6.17. The molecule has 0 N–H and O–H groups in total. The predicted octanol–water partition coefficient (Wildman–Crippen LogP) is 14.4. The minimum Gasteiger partial charge on any atom is -0.456 e. The maximum atomic E-state index is 6.25. The monoisotopic (exact) mass is 744 g/mol. The molecule has 0 bridgehead atoms. The first kappa shape index (κ1) is 33.7. The topological polar surface area (TPSA) is 56.7 Å². The predicted molar refractivity (Wildman–Crippen MR) is 242 cm³/mol. The first-order valence-corrected chi connectivity index (χ1v) is 19.8. The average molecular weight is 745 g/mol. The van der Waals surface area contributed by atoms with E-state index in [4.69, 9.17) is 19.4 Å². The van der Waals surface area contributed by atoms with E-state index in [1.807, 2.05) is 26.0 Å². The van der Waals surface area contributed by atoms with Crippen LogP contribution in [0.3, 0.4) is 0 Å². The van der Waals surface area contributed by atoms with Crippen molar-refractivity contribution in [2.75, 3.05) is 0 Å². The molecule has 12 rings (SSSR count). The number of aromatic nitrogens is 4. The van der Waals surface area contributed by atoms with Crippen molar-refractivity contribution in [2.45, 2.75) is 13.8 Å². The van der Waals surface area contributed by atoms with Gasteiger partial charge in [0.1, 0.15) is 11.2 Å². The first-order valence-electron chi connectivity index (χ1n) is 19.8. The third-order valence-electron chi connectivity index (χ3n) is 11.2. The molecule has 0 spiro atoms. The van der Waals surface area contributed by atoms with E-state index in [-0.39, 0.29) is 0 Å². The van der Waals surface area contributed by atoms with Gasteiger partial charge < -0.3 is 4.42 Å². The third kappa shape index (κ3) is 5.43. The number of benzene rings is 9. The molecule has 5 nitrogen and oxygen atoms in total. The average Bonchev–Trinajstić information content (AvgIpc) is 3.83. The largest absolute Gasteiger partial charge is 0.456 e. The minimum absolute atomic E-state index is 0.559. The minimum atomic E-state index is 0.559. The lowest BCUT2D eigenvalue weighted by Gasteiger charge is -2.14. The van der Waals surface area contributed by atoms with Gasteiger partial charge in [0.25, 0.3) is 0 Å². The zero-order valence-corrected chi connectivity index (χ0v) is 32.0. The van der Waals surface area contributed by atoms with Gasteiger partial charge in [0.05, 0.1) is 11.0 Å². The standard InChI is InChI=1S/C51H30N4O.C2H6/c1-3-12-33-26-38(22-20-31(33)10-1)49-52-50(39-23-21-32-11-2-4-13-34(32)27-39)54-51(53-49)55-45-30-36-15-6-5-14-35(36)28-43(45)42-18-9-17-40(48(42)55)37-24-25-47-44(29-37)41-16-7-8-19-46(41)56-47;1-2/h1-30H;1-2H3. The number of fused-ring (bicyclic) bond motifs is 9. The SMILES string of the molecule is CC.c1ccc2cc(-c3nc(-c4ccc5ccccc5c4)nc(-n4c5cc6ccccc6cc5c5cccc(-c6ccc7oc8ccccc8c7c6)c54)n3)ccc2c1. The molecule has 3 aromatic heterocycles. The molecule has 0 amide bonds. The molecule has 12 aromatic rings. The number of para-hydroxylation sites is 2. The number of nitrogens with zero attached hydrogens (tertiary/aromatic N) is 4. The molecular formula is C53H36N4O. The maximum Gasteiger partial charge on any atom is 0.238 e. The molecule has 0 radical (unpaired) electrons. The lowest BCUT2D eigenvalue weighted by molar-refractivity contribution is 0.669. The Balaban J connectivity index is 0.00000190. The van der Waals surface area contributed by atoms with Crippen molar-refractivity contribution in [3.05, 3.63) is 182 Å². The Morgan fingerprint density at radius 1 is 0.379 bits per heavy atom. The second kappa shape index (κ2) is 13.5. The molecule has 0 fully saturated rings. The van der Waals surface area contributed by atoms with E-state index in [1.165, 1.54) is 16.2 Å². The van der Waals surface area contributed by atoms with E-state index in [0.29, 0.717) is 17.6 Å². The summed E-state index contributed by atoms with van der Waals surface area (Å²) in [6.45, 7) is 4.00. The van der Waals surface area contributed by atoms with Crippen LogP contribution in [-0.2, 0) is 0 Å². The molecule has 0 saturated carbocycles. The van der Waals surface area contributed by atoms with E-state index in [0.717, 1.165) is 82.2 Å². The van der Waals surface area contributed by atoms with Gasteiger partial charge in [-0.25, -0.2) is 4.98 Å². The van der Waals surface area contributed by atoms with Gasteiger partial charge in [-0.1, -0.05) is 153 Å². The molecule has 3 heterocycles. The van der Waals surface area contributed by atoms with Gasteiger partial charge in [-0.15, -0.1) is 0 Å². The highest BCUT2D eigenvalue weighted by atomic mass is 16.3. The fourth-order valence-corrected chi connectivity index (χ4v) is 8.47. The summed E-state index contributed by atoms with van der Waals surface area (Å²) in [5.41, 5.74) is 7.83. The van der Waals surface area contributed by atoms with Crippen LogP contribution in [0.1, 0.15) is 13.8 Å². The molecule has 0 atom stereocenters. The number of hydrogen-bond donors (Lipinski definition) is 0. The van der Waals surface area contributed by atoms with Crippen LogP contribution in [0.4, 0.5) is 0 Å². The van der Waals surface area contributed by atoms with Crippen molar-refractivity contribution >= 4 is 76.1 Å². The highest BCUT2D eigenvalue weighted by Gasteiger charge is 2.22. The van der Waals surface area contributed by atoms with Crippen LogP contribution in [0.5, 0.6) is 0 Å². The molecule has 0 aliphatic heterocycles. The van der Waals surface area contributed by atoms with E-state index in [1.54, 1.807) is 0 Å². The van der Waals surface area contributed by atoms with Crippen LogP contribution in [-0.4, -0.2) is 19.5 Å². The molecule has 0 saturated heterocycles. The van der Waals surface area contributed by atoms with Crippen molar-refractivity contribution in [1.82, 2.24) is 19.5 Å². The van der Waals surface area contributed by atoms with Gasteiger partial charge >= 0.3 is 0 Å². The van der Waals surface area contributed by atoms with Crippen LogP contribution in [0.15, 0.2) is 186 Å². The van der Waals surface area contributed by atoms with Gasteiger partial charge in [-0.2, -0.15) is 9.97 Å². The first-order chi connectivity index (χ1) is 28.7. The summed E-state index contributed by atoms with van der Waals surface area (Å²) in [5.74, 6) is 1.79. The normalized spacial score (nSPS) is 11.6. The zero-order valence-electron chi connectivity index (χ0n) is 32.0. The Morgan fingerprint density at radius 2 is 0.914 bits per heavy atom. The molecule has 9 aromatic carbocycles. The summed E-state index contributed by atoms with van der Waals surface area (Å²) in [7, 11) is 0. The van der Waals surface area contributed by atoms with Crippen LogP contribution < -0.4 is 0 Å². The van der Waals surface area contributed by atoms with Crippen molar-refractivity contribution in [3.8, 4) is 39.9 Å². The summed E-state index contributed by atoms with van der Waals surface area (Å²) in [6.07, 6.45) is 0. The summed E-state index contributed by atoms with van der Waals surface area (Å²) in [6, 6.07) is 64.1. The Hall–Kier alpha value is -7.63. The molecule has 0 aliphatic carbocycles. The third-order valence-corrected chi connectivity index (χ3v) is 11.2. The maximum absolute atomic E-state index is 6.25.